The summed E-state index contributed by atoms with van der Waals surface area (Å²) in [6.45, 7) is 2.22. The van der Waals surface area contributed by atoms with Crippen molar-refractivity contribution in [3.8, 4) is 0 Å². The molecule has 5 heteroatoms. The van der Waals surface area contributed by atoms with Gasteiger partial charge in [0.05, 0.1) is 0 Å². The van der Waals surface area contributed by atoms with Crippen LogP contribution < -0.4 is 5.32 Å². The van der Waals surface area contributed by atoms with Gasteiger partial charge in [-0.3, -0.25) is 10.1 Å². The highest BCUT2D eigenvalue weighted by molar-refractivity contribution is 7.99. The average Bonchev–Trinajstić information content (AvgIpc) is 2.78. The Morgan fingerprint density at radius 2 is 2.24 bits per heavy atom. The zero-order valence-electron chi connectivity index (χ0n) is 9.55. The maximum Gasteiger partial charge on any atom is 0.321 e. The van der Waals surface area contributed by atoms with E-state index < -0.39 is 12.0 Å². The second kappa shape index (κ2) is 4.07. The Labute approximate surface area is 104 Å². The molecule has 17 heavy (non-hydrogen) atoms. The molecule has 1 aliphatic carbocycles. The van der Waals surface area contributed by atoms with Gasteiger partial charge >= 0.3 is 5.97 Å². The molecule has 2 fully saturated rings. The van der Waals surface area contributed by atoms with E-state index in [1.807, 2.05) is 12.1 Å². The van der Waals surface area contributed by atoms with Gasteiger partial charge in [0.25, 0.3) is 0 Å². The molecule has 2 heterocycles. The van der Waals surface area contributed by atoms with E-state index in [1.165, 1.54) is 6.42 Å². The highest BCUT2D eigenvalue weighted by Crippen LogP contribution is 2.48. The van der Waals surface area contributed by atoms with Crippen LogP contribution in [-0.2, 0) is 4.79 Å². The topological polar surface area (TPSA) is 62.5 Å². The number of carboxylic acids is 1. The Balaban J connectivity index is 1.69. The lowest BCUT2D eigenvalue weighted by Crippen LogP contribution is -2.33. The number of carboxylic acid groups (broad SMARTS) is 1. The molecule has 4 nitrogen and oxygen atoms in total. The Hall–Kier alpha value is -0.940. The molecule has 1 aromatic heterocycles. The minimum absolute atomic E-state index is 0.0149. The van der Waals surface area contributed by atoms with Crippen LogP contribution in [0.3, 0.4) is 0 Å². The molecule has 92 valence electrons. The summed E-state index contributed by atoms with van der Waals surface area (Å²) in [5, 5.41) is 12.0. The van der Waals surface area contributed by atoms with Crippen LogP contribution in [0.2, 0.25) is 0 Å². The Morgan fingerprint density at radius 1 is 1.53 bits per heavy atom. The van der Waals surface area contributed by atoms with Gasteiger partial charge < -0.3 is 9.52 Å². The molecule has 0 amide bonds. The van der Waals surface area contributed by atoms with E-state index in [0.717, 1.165) is 17.4 Å². The number of aliphatic carboxylic acids is 1. The lowest BCUT2D eigenvalue weighted by molar-refractivity contribution is -0.138. The van der Waals surface area contributed by atoms with Crippen LogP contribution in [0.4, 0.5) is 0 Å². The van der Waals surface area contributed by atoms with Gasteiger partial charge in [-0.25, -0.2) is 0 Å². The second-order valence-electron chi connectivity index (χ2n) is 4.83. The minimum atomic E-state index is -0.789. The van der Waals surface area contributed by atoms with Gasteiger partial charge in [-0.1, -0.05) is 6.92 Å². The molecule has 2 aliphatic rings. The molecule has 0 radical (unpaired) electrons. The summed E-state index contributed by atoms with van der Waals surface area (Å²) in [4.78, 5) is 10.8. The third-order valence-corrected chi connectivity index (χ3v) is 4.69. The van der Waals surface area contributed by atoms with Crippen molar-refractivity contribution in [3.63, 3.8) is 0 Å². The minimum Gasteiger partial charge on any atom is -0.480 e. The van der Waals surface area contributed by atoms with Crippen LogP contribution in [-0.4, -0.2) is 22.9 Å². The number of rotatable bonds is 3. The Kier molecular flexibility index (Phi) is 2.67. The molecule has 0 spiro atoms. The first-order valence-electron chi connectivity index (χ1n) is 5.85. The lowest BCUT2D eigenvalue weighted by Gasteiger charge is -2.07. The zero-order valence-corrected chi connectivity index (χ0v) is 10.4. The number of furan rings is 1. The van der Waals surface area contributed by atoms with Gasteiger partial charge in [-0.2, -0.15) is 0 Å². The van der Waals surface area contributed by atoms with Crippen molar-refractivity contribution in [3.05, 3.63) is 23.7 Å². The second-order valence-corrected chi connectivity index (χ2v) is 5.97. The lowest BCUT2D eigenvalue weighted by atomic mass is 10.3. The summed E-state index contributed by atoms with van der Waals surface area (Å²) in [6.07, 6.45) is 1.20. The fraction of sp³-hybridized carbons (Fsp3) is 0.583. The Bertz CT molecular complexity index is 445. The van der Waals surface area contributed by atoms with E-state index in [-0.39, 0.29) is 5.37 Å². The van der Waals surface area contributed by atoms with Crippen LogP contribution in [0.15, 0.2) is 16.5 Å². The predicted molar refractivity (Wildman–Crippen MR) is 65.0 cm³/mol. The fourth-order valence-electron chi connectivity index (χ4n) is 2.21. The number of nitrogens with one attached hydrogen (secondary N) is 1. The monoisotopic (exact) mass is 253 g/mol. The summed E-state index contributed by atoms with van der Waals surface area (Å²) in [6, 6.07) is 3.54. The highest BCUT2D eigenvalue weighted by Gasteiger charge is 2.38. The average molecular weight is 253 g/mol. The normalized spacial score (nSPS) is 36.1. The van der Waals surface area contributed by atoms with E-state index in [0.29, 0.717) is 11.7 Å². The predicted octanol–water partition coefficient (Wildman–Crippen LogP) is 2.19. The maximum atomic E-state index is 10.8. The first kappa shape index (κ1) is 11.2. The van der Waals surface area contributed by atoms with Gasteiger partial charge in [0.2, 0.25) is 0 Å². The molecule has 1 saturated carbocycles. The first-order chi connectivity index (χ1) is 8.15. The largest absolute Gasteiger partial charge is 0.480 e. The Morgan fingerprint density at radius 3 is 2.82 bits per heavy atom. The van der Waals surface area contributed by atoms with Gasteiger partial charge in [0.15, 0.2) is 0 Å². The molecule has 1 saturated heterocycles. The molecule has 1 aliphatic heterocycles. The van der Waals surface area contributed by atoms with E-state index in [1.54, 1.807) is 11.8 Å². The zero-order chi connectivity index (χ0) is 12.0. The standard InChI is InChI=1S/C12H15NO3S/c1-6-4-7(6)9-2-3-10(16-9)11-13-8(5-17-11)12(14)15/h2-3,6-8,11,13H,4-5H2,1H3,(H,14,15)/t6?,7?,8-,11?/m1/s1. The number of hydrogen-bond donors (Lipinski definition) is 2. The van der Waals surface area contributed by atoms with Crippen LogP contribution in [0.5, 0.6) is 0 Å². The van der Waals surface area contributed by atoms with Crippen molar-refractivity contribution < 1.29 is 14.3 Å². The SMILES string of the molecule is CC1CC1c1ccc(C2N[C@@H](C(=O)O)CS2)o1. The number of thioether (sulfide) groups is 1. The van der Waals surface area contributed by atoms with E-state index in [4.69, 9.17) is 9.52 Å². The molecular formula is C12H15NO3S. The van der Waals surface area contributed by atoms with Crippen LogP contribution >= 0.6 is 11.8 Å². The quantitative estimate of drug-likeness (QED) is 0.864. The van der Waals surface area contributed by atoms with Crippen molar-refractivity contribution in [2.24, 2.45) is 5.92 Å². The third kappa shape index (κ3) is 2.09. The fourth-order valence-corrected chi connectivity index (χ4v) is 3.38. The number of hydrogen-bond acceptors (Lipinski definition) is 4. The number of carbonyl (C=O) groups is 1. The van der Waals surface area contributed by atoms with Gasteiger partial charge in [0, 0.05) is 11.7 Å². The van der Waals surface area contributed by atoms with Crippen molar-refractivity contribution in [1.29, 1.82) is 0 Å². The van der Waals surface area contributed by atoms with Gasteiger partial charge in [-0.05, 0) is 24.5 Å². The van der Waals surface area contributed by atoms with Crippen LogP contribution in [0.25, 0.3) is 0 Å². The summed E-state index contributed by atoms with van der Waals surface area (Å²) in [5.41, 5.74) is 0. The summed E-state index contributed by atoms with van der Waals surface area (Å²) in [5.74, 6) is 3.01. The molecule has 0 aromatic carbocycles. The molecule has 4 atom stereocenters. The van der Waals surface area contributed by atoms with Crippen molar-refractivity contribution >= 4 is 17.7 Å². The molecular weight excluding hydrogens is 238 g/mol. The third-order valence-electron chi connectivity index (χ3n) is 3.46. The van der Waals surface area contributed by atoms with Crippen molar-refractivity contribution in [2.45, 2.75) is 30.7 Å². The molecule has 3 rings (SSSR count). The first-order valence-corrected chi connectivity index (χ1v) is 6.90. The summed E-state index contributed by atoms with van der Waals surface area (Å²) < 4.78 is 5.81. The van der Waals surface area contributed by atoms with Gasteiger partial charge in [0.1, 0.15) is 22.9 Å². The molecule has 3 unspecified atom stereocenters. The van der Waals surface area contributed by atoms with Crippen molar-refractivity contribution in [1.82, 2.24) is 5.32 Å². The molecule has 2 N–H and O–H groups in total. The smallest absolute Gasteiger partial charge is 0.321 e. The van der Waals surface area contributed by atoms with Crippen LogP contribution in [0, 0.1) is 5.92 Å². The molecule has 0 bridgehead atoms. The summed E-state index contributed by atoms with van der Waals surface area (Å²) in [7, 11) is 0. The van der Waals surface area contributed by atoms with Crippen LogP contribution in [0.1, 0.15) is 36.2 Å². The summed E-state index contributed by atoms with van der Waals surface area (Å²) >= 11 is 1.59. The van der Waals surface area contributed by atoms with Gasteiger partial charge in [-0.15, -0.1) is 11.8 Å². The van der Waals surface area contributed by atoms with Crippen molar-refractivity contribution in [2.75, 3.05) is 5.75 Å². The van der Waals surface area contributed by atoms with E-state index in [9.17, 15) is 4.79 Å². The van der Waals surface area contributed by atoms with E-state index >= 15 is 0 Å². The molecule has 1 aromatic rings. The maximum absolute atomic E-state index is 10.8. The highest BCUT2D eigenvalue weighted by atomic mass is 32.2. The van der Waals surface area contributed by atoms with E-state index in [2.05, 4.69) is 12.2 Å².